The molecule has 0 N–H and O–H groups in total. The Kier molecular flexibility index (Phi) is 16.3. The number of allylic oxidation sites excluding steroid dienone is 1. The van der Waals surface area contributed by atoms with E-state index in [2.05, 4.69) is 18.4 Å². The topological polar surface area (TPSA) is 26.8 Å². The summed E-state index contributed by atoms with van der Waals surface area (Å²) in [6.45, 7) is 14.1. The highest BCUT2D eigenvalue weighted by Gasteiger charge is 2.50. The van der Waals surface area contributed by atoms with Crippen molar-refractivity contribution in [2.24, 2.45) is 0 Å². The maximum Gasteiger partial charge on any atom is 0.239 e. The molecule has 2 heterocycles. The van der Waals surface area contributed by atoms with Gasteiger partial charge in [0.1, 0.15) is 0 Å². The fraction of sp³-hybridized carbons (Fsp3) is 0.700. The van der Waals surface area contributed by atoms with Crippen molar-refractivity contribution in [2.75, 3.05) is 33.2 Å². The summed E-state index contributed by atoms with van der Waals surface area (Å²) in [5.74, 6) is 0. The molecule has 1 spiro atoms. The Morgan fingerprint density at radius 2 is 1.53 bits per heavy atom. The number of benzene rings is 1. The molecule has 6 heteroatoms. The molecule has 4 nitrogen and oxygen atoms in total. The van der Waals surface area contributed by atoms with Crippen molar-refractivity contribution < 1.29 is 13.6 Å². The number of alkyl halides is 2. The van der Waals surface area contributed by atoms with Crippen LogP contribution in [0.1, 0.15) is 85.0 Å². The first kappa shape index (κ1) is 32.1. The molecule has 36 heavy (non-hydrogen) atoms. The molecule has 0 radical (unpaired) electrons. The molecule has 1 aliphatic carbocycles. The molecular formula is C30H51F2N3O. The van der Waals surface area contributed by atoms with Crippen LogP contribution in [0.3, 0.4) is 0 Å². The van der Waals surface area contributed by atoms with Gasteiger partial charge in [0.05, 0.1) is 0 Å². The van der Waals surface area contributed by atoms with Crippen molar-refractivity contribution in [3.8, 4) is 0 Å². The summed E-state index contributed by atoms with van der Waals surface area (Å²) in [6.07, 6.45) is 9.53. The molecule has 3 aliphatic rings. The predicted molar refractivity (Wildman–Crippen MR) is 148 cm³/mol. The zero-order valence-corrected chi connectivity index (χ0v) is 23.3. The van der Waals surface area contributed by atoms with Gasteiger partial charge in [-0.25, -0.2) is 8.78 Å². The maximum atomic E-state index is 12.1. The Morgan fingerprint density at radius 3 is 1.97 bits per heavy atom. The summed E-state index contributed by atoms with van der Waals surface area (Å²) in [4.78, 5) is 16.8. The van der Waals surface area contributed by atoms with Crippen LogP contribution in [0.4, 0.5) is 8.78 Å². The average Bonchev–Trinajstić information content (AvgIpc) is 3.29. The lowest BCUT2D eigenvalue weighted by Gasteiger charge is -2.25. The zero-order chi connectivity index (χ0) is 26.8. The fourth-order valence-corrected chi connectivity index (χ4v) is 4.73. The minimum atomic E-state index is -2.19. The van der Waals surface area contributed by atoms with Crippen LogP contribution in [0.25, 0.3) is 0 Å². The van der Waals surface area contributed by atoms with Gasteiger partial charge in [-0.05, 0) is 71.8 Å². The fourth-order valence-electron chi connectivity index (χ4n) is 4.73. The minimum Gasteiger partial charge on any atom is -0.375 e. The lowest BCUT2D eigenvalue weighted by Crippen LogP contribution is -2.31. The lowest BCUT2D eigenvalue weighted by molar-refractivity contribution is -0.119. The van der Waals surface area contributed by atoms with Crippen LogP contribution in [0.15, 0.2) is 48.7 Å². The van der Waals surface area contributed by atoms with E-state index in [-0.39, 0.29) is 6.42 Å². The molecule has 0 bridgehead atoms. The molecule has 2 saturated heterocycles. The molecule has 1 saturated carbocycles. The Bertz CT molecular complexity index is 664. The number of hydrogen-bond donors (Lipinski definition) is 0. The van der Waals surface area contributed by atoms with E-state index in [0.717, 1.165) is 45.3 Å². The van der Waals surface area contributed by atoms with Crippen LogP contribution < -0.4 is 0 Å². The van der Waals surface area contributed by atoms with Gasteiger partial charge in [-0.15, -0.1) is 0 Å². The summed E-state index contributed by atoms with van der Waals surface area (Å²) in [7, 11) is 1.93. The molecule has 206 valence electrons. The van der Waals surface area contributed by atoms with Gasteiger partial charge in [-0.3, -0.25) is 4.79 Å². The van der Waals surface area contributed by atoms with Gasteiger partial charge >= 0.3 is 0 Å². The quantitative estimate of drug-likeness (QED) is 0.313. The molecule has 3 fully saturated rings. The molecule has 1 atom stereocenters. The van der Waals surface area contributed by atoms with Crippen molar-refractivity contribution in [2.45, 2.75) is 103 Å². The van der Waals surface area contributed by atoms with E-state index >= 15 is 0 Å². The summed E-state index contributed by atoms with van der Waals surface area (Å²) in [5.41, 5.74) is 1.63. The van der Waals surface area contributed by atoms with E-state index in [1.165, 1.54) is 44.2 Å². The van der Waals surface area contributed by atoms with E-state index in [4.69, 9.17) is 0 Å². The Balaban J connectivity index is 0.000000309. The molecule has 1 unspecified atom stereocenters. The SMILES string of the molecule is C=C(CCCC(C)N(C)CCC(F)F)N1CCCC1.CC.O=CN1CCCC12CC2.c1ccccc1. The van der Waals surface area contributed by atoms with Crippen LogP contribution in [0.5, 0.6) is 0 Å². The number of carbonyl (C=O) groups is 1. The van der Waals surface area contributed by atoms with Crippen LogP contribution in [0, 0.1) is 0 Å². The highest BCUT2D eigenvalue weighted by molar-refractivity contribution is 5.51. The number of rotatable bonds is 10. The Morgan fingerprint density at radius 1 is 0.972 bits per heavy atom. The summed E-state index contributed by atoms with van der Waals surface area (Å²) in [5, 5.41) is 0. The highest BCUT2D eigenvalue weighted by Crippen LogP contribution is 2.48. The minimum absolute atomic E-state index is 0.0265. The van der Waals surface area contributed by atoms with E-state index in [1.807, 2.05) is 67.1 Å². The highest BCUT2D eigenvalue weighted by atomic mass is 19.3. The normalized spacial score (nSPS) is 18.0. The number of carbonyl (C=O) groups excluding carboxylic acids is 1. The van der Waals surface area contributed by atoms with Gasteiger partial charge in [-0.1, -0.05) is 56.8 Å². The van der Waals surface area contributed by atoms with Gasteiger partial charge in [0, 0.05) is 49.9 Å². The molecule has 1 aromatic carbocycles. The third kappa shape index (κ3) is 12.3. The van der Waals surface area contributed by atoms with Crippen molar-refractivity contribution in [3.05, 3.63) is 48.7 Å². The number of likely N-dealkylation sites (tertiary alicyclic amines) is 2. The van der Waals surface area contributed by atoms with Gasteiger partial charge in [0.15, 0.2) is 0 Å². The summed E-state index contributed by atoms with van der Waals surface area (Å²) in [6, 6.07) is 12.4. The lowest BCUT2D eigenvalue weighted by atomic mass is 10.1. The second-order valence-corrected chi connectivity index (χ2v) is 9.94. The van der Waals surface area contributed by atoms with E-state index in [0.29, 0.717) is 18.1 Å². The smallest absolute Gasteiger partial charge is 0.239 e. The molecule has 4 rings (SSSR count). The monoisotopic (exact) mass is 507 g/mol. The predicted octanol–water partition coefficient (Wildman–Crippen LogP) is 7.23. The Hall–Kier alpha value is -1.95. The average molecular weight is 508 g/mol. The van der Waals surface area contributed by atoms with E-state index in [1.54, 1.807) is 0 Å². The van der Waals surface area contributed by atoms with E-state index < -0.39 is 6.43 Å². The van der Waals surface area contributed by atoms with Gasteiger partial charge in [0.2, 0.25) is 12.8 Å². The van der Waals surface area contributed by atoms with Crippen molar-refractivity contribution in [1.82, 2.24) is 14.7 Å². The molecule has 0 aromatic heterocycles. The zero-order valence-electron chi connectivity index (χ0n) is 23.3. The second-order valence-electron chi connectivity index (χ2n) is 9.94. The van der Waals surface area contributed by atoms with Crippen LogP contribution in [-0.2, 0) is 4.79 Å². The van der Waals surface area contributed by atoms with Gasteiger partial charge in [0.25, 0.3) is 0 Å². The first-order valence-electron chi connectivity index (χ1n) is 14.0. The molecule has 2 aliphatic heterocycles. The maximum absolute atomic E-state index is 12.1. The molecular weight excluding hydrogens is 456 g/mol. The van der Waals surface area contributed by atoms with Crippen LogP contribution in [-0.4, -0.2) is 72.3 Å². The first-order chi connectivity index (χ1) is 17.4. The van der Waals surface area contributed by atoms with Crippen molar-refractivity contribution >= 4 is 6.41 Å². The van der Waals surface area contributed by atoms with Gasteiger partial charge in [-0.2, -0.15) is 0 Å². The number of halogens is 2. The van der Waals surface area contributed by atoms with Crippen molar-refractivity contribution in [1.29, 1.82) is 0 Å². The first-order valence-corrected chi connectivity index (χ1v) is 14.0. The number of amides is 1. The standard InChI is InChI=1S/C15H28F2N2.C7H11NO.C6H6.C2H6/c1-13(18(3)12-9-15(16)17)7-6-8-14(2)19-10-4-5-11-19;9-6-8-5-1-2-7(8)3-4-7;1-2-4-6-5-3-1;1-2/h13,15H,2,4-12H2,1,3H3;6H,1-5H2;1-6H;1-2H3. The van der Waals surface area contributed by atoms with Crippen molar-refractivity contribution in [3.63, 3.8) is 0 Å². The third-order valence-corrected chi connectivity index (χ3v) is 7.36. The molecule has 1 aromatic rings. The molecule has 1 amide bonds. The summed E-state index contributed by atoms with van der Waals surface area (Å²) < 4.78 is 24.3. The number of nitrogens with zero attached hydrogens (tertiary/aromatic N) is 3. The van der Waals surface area contributed by atoms with Crippen LogP contribution in [0.2, 0.25) is 0 Å². The number of hydrogen-bond acceptors (Lipinski definition) is 3. The Labute approximate surface area is 219 Å². The van der Waals surface area contributed by atoms with Gasteiger partial charge < -0.3 is 14.7 Å². The van der Waals surface area contributed by atoms with Crippen LogP contribution >= 0.6 is 0 Å². The van der Waals surface area contributed by atoms with E-state index in [9.17, 15) is 13.6 Å². The third-order valence-electron chi connectivity index (χ3n) is 7.36. The largest absolute Gasteiger partial charge is 0.375 e. The second kappa shape index (κ2) is 18.3. The summed E-state index contributed by atoms with van der Waals surface area (Å²) >= 11 is 0.